The van der Waals surface area contributed by atoms with Gasteiger partial charge in [-0.25, -0.2) is 0 Å². The molecule has 0 atom stereocenters. The van der Waals surface area contributed by atoms with Gasteiger partial charge in [0.15, 0.2) is 0 Å². The quantitative estimate of drug-likeness (QED) is 0.621. The van der Waals surface area contributed by atoms with E-state index in [1.165, 1.54) is 0 Å². The number of piperazine rings is 1. The van der Waals surface area contributed by atoms with Crippen molar-refractivity contribution in [2.45, 2.75) is 6.42 Å². The third kappa shape index (κ3) is 4.75. The van der Waals surface area contributed by atoms with Gasteiger partial charge in [0.05, 0.1) is 7.11 Å². The number of benzene rings is 2. The molecule has 0 unspecified atom stereocenters. The second kappa shape index (κ2) is 9.87. The summed E-state index contributed by atoms with van der Waals surface area (Å²) in [7, 11) is 1.60. The van der Waals surface area contributed by atoms with Gasteiger partial charge in [0.25, 0.3) is 5.91 Å². The number of methoxy groups -OCH3 is 1. The molecule has 0 saturated carbocycles. The average molecular weight is 449 g/mol. The van der Waals surface area contributed by atoms with Gasteiger partial charge in [-0.05, 0) is 37.2 Å². The summed E-state index contributed by atoms with van der Waals surface area (Å²) in [6, 6.07) is 13.9. The van der Waals surface area contributed by atoms with E-state index in [-0.39, 0.29) is 28.9 Å². The van der Waals surface area contributed by atoms with Crippen LogP contribution in [0, 0.1) is 0 Å². The summed E-state index contributed by atoms with van der Waals surface area (Å²) >= 11 is 0. The zero-order valence-corrected chi connectivity index (χ0v) is 18.7. The molecule has 172 valence electrons. The maximum Gasteiger partial charge on any atom is 0.253 e. The normalized spacial score (nSPS) is 16.6. The van der Waals surface area contributed by atoms with Crippen LogP contribution in [0.2, 0.25) is 0 Å². The largest absolute Gasteiger partial charge is 0.497 e. The van der Waals surface area contributed by atoms with Gasteiger partial charge in [0.1, 0.15) is 17.1 Å². The van der Waals surface area contributed by atoms with Gasteiger partial charge < -0.3 is 20.7 Å². The number of rotatable bonds is 7. The fourth-order valence-corrected chi connectivity index (χ4v) is 4.18. The summed E-state index contributed by atoms with van der Waals surface area (Å²) in [6.07, 6.45) is 0.784. The molecule has 3 N–H and O–H groups in total. The van der Waals surface area contributed by atoms with Crippen LogP contribution in [0.5, 0.6) is 5.75 Å². The number of nitrogens with zero attached hydrogens (tertiary/aromatic N) is 2. The third-order valence-corrected chi connectivity index (χ3v) is 6.11. The molecule has 2 aliphatic rings. The standard InChI is InChI=1S/C25H28N4O4/c1-33-18-9-7-17(8-10-18)25(32)29-15-13-28(14-16-29)12-4-11-27-22-21(26)23(30)19-5-2-3-6-20(19)24(22)31/h2-3,5-10,27H,4,11-16,26H2,1H3. The molecule has 1 heterocycles. The SMILES string of the molecule is COc1ccc(C(=O)N2CCN(CCCNC3=C(N)C(=O)c4ccccc4C3=O)CC2)cc1. The molecule has 8 nitrogen and oxygen atoms in total. The second-order valence-corrected chi connectivity index (χ2v) is 8.14. The third-order valence-electron chi connectivity index (χ3n) is 6.11. The van der Waals surface area contributed by atoms with Crippen molar-refractivity contribution in [3.05, 3.63) is 76.6 Å². The molecule has 0 bridgehead atoms. The second-order valence-electron chi connectivity index (χ2n) is 8.14. The van der Waals surface area contributed by atoms with Gasteiger partial charge in [-0.3, -0.25) is 19.3 Å². The van der Waals surface area contributed by atoms with Gasteiger partial charge in [-0.15, -0.1) is 0 Å². The first-order chi connectivity index (χ1) is 16.0. The minimum absolute atomic E-state index is 0.0237. The smallest absolute Gasteiger partial charge is 0.253 e. The van der Waals surface area contributed by atoms with Crippen molar-refractivity contribution >= 4 is 17.5 Å². The topological polar surface area (TPSA) is 105 Å². The van der Waals surface area contributed by atoms with E-state index < -0.39 is 0 Å². The summed E-state index contributed by atoms with van der Waals surface area (Å²) in [5.41, 5.74) is 7.52. The lowest BCUT2D eigenvalue weighted by Gasteiger charge is -2.34. The molecule has 0 aromatic heterocycles. The van der Waals surface area contributed by atoms with E-state index in [0.717, 1.165) is 31.8 Å². The Balaban J connectivity index is 1.23. The molecule has 1 aliphatic heterocycles. The van der Waals surface area contributed by atoms with Crippen LogP contribution in [-0.2, 0) is 0 Å². The van der Waals surface area contributed by atoms with Gasteiger partial charge in [-0.2, -0.15) is 0 Å². The molecule has 8 heteroatoms. The van der Waals surface area contributed by atoms with Gasteiger partial charge in [-0.1, -0.05) is 24.3 Å². The number of allylic oxidation sites excluding steroid dienone is 2. The van der Waals surface area contributed by atoms with Crippen molar-refractivity contribution in [2.75, 3.05) is 46.4 Å². The fourth-order valence-electron chi connectivity index (χ4n) is 4.18. The summed E-state index contributed by atoms with van der Waals surface area (Å²) in [5, 5.41) is 3.07. The molecule has 1 amide bonds. The van der Waals surface area contributed by atoms with Crippen LogP contribution >= 0.6 is 0 Å². The fraction of sp³-hybridized carbons (Fsp3) is 0.320. The molecule has 1 aliphatic carbocycles. The van der Waals surface area contributed by atoms with E-state index in [1.807, 2.05) is 4.90 Å². The Morgan fingerprint density at radius 1 is 0.970 bits per heavy atom. The van der Waals surface area contributed by atoms with E-state index in [0.29, 0.717) is 36.3 Å². The van der Waals surface area contributed by atoms with Gasteiger partial charge in [0, 0.05) is 49.4 Å². The predicted octanol–water partition coefficient (Wildman–Crippen LogP) is 1.68. The van der Waals surface area contributed by atoms with E-state index in [1.54, 1.807) is 55.6 Å². The Hall–Kier alpha value is -3.65. The van der Waals surface area contributed by atoms with Crippen molar-refractivity contribution in [3.8, 4) is 5.75 Å². The zero-order valence-electron chi connectivity index (χ0n) is 18.7. The Labute approximate surface area is 193 Å². The van der Waals surface area contributed by atoms with E-state index in [4.69, 9.17) is 10.5 Å². The van der Waals surface area contributed by atoms with Crippen LogP contribution in [0.4, 0.5) is 0 Å². The number of ether oxygens (including phenoxy) is 1. The molecular weight excluding hydrogens is 420 g/mol. The van der Waals surface area contributed by atoms with Gasteiger partial charge in [0.2, 0.25) is 11.6 Å². The highest BCUT2D eigenvalue weighted by atomic mass is 16.5. The van der Waals surface area contributed by atoms with Gasteiger partial charge >= 0.3 is 0 Å². The van der Waals surface area contributed by atoms with Crippen molar-refractivity contribution in [1.82, 2.24) is 15.1 Å². The zero-order chi connectivity index (χ0) is 23.4. The number of amides is 1. The number of nitrogens with one attached hydrogen (secondary N) is 1. The maximum atomic E-state index is 12.7. The number of Topliss-reactive ketones (excluding diaryl/α,β-unsaturated/α-hetero) is 2. The minimum Gasteiger partial charge on any atom is -0.497 e. The lowest BCUT2D eigenvalue weighted by atomic mass is 9.90. The number of ketones is 2. The summed E-state index contributed by atoms with van der Waals surface area (Å²) in [6.45, 7) is 4.26. The van der Waals surface area contributed by atoms with E-state index >= 15 is 0 Å². The Kier molecular flexibility index (Phi) is 6.74. The molecule has 2 aromatic carbocycles. The molecule has 0 spiro atoms. The average Bonchev–Trinajstić information content (AvgIpc) is 2.87. The van der Waals surface area contributed by atoms with Crippen LogP contribution < -0.4 is 15.8 Å². The number of carbonyl (C=O) groups is 3. The minimum atomic E-state index is -0.314. The number of hydrogen-bond donors (Lipinski definition) is 2. The van der Waals surface area contributed by atoms with E-state index in [2.05, 4.69) is 10.2 Å². The first-order valence-electron chi connectivity index (χ1n) is 11.1. The molecule has 1 fully saturated rings. The van der Waals surface area contributed by atoms with Crippen LogP contribution in [0.1, 0.15) is 37.5 Å². The lowest BCUT2D eigenvalue weighted by Crippen LogP contribution is -2.49. The van der Waals surface area contributed by atoms with Crippen molar-refractivity contribution in [2.24, 2.45) is 5.73 Å². The first kappa shape index (κ1) is 22.5. The van der Waals surface area contributed by atoms with Crippen LogP contribution in [0.15, 0.2) is 59.9 Å². The monoisotopic (exact) mass is 448 g/mol. The predicted molar refractivity (Wildman–Crippen MR) is 124 cm³/mol. The molecule has 0 radical (unpaired) electrons. The van der Waals surface area contributed by atoms with Crippen molar-refractivity contribution in [1.29, 1.82) is 0 Å². The summed E-state index contributed by atoms with van der Waals surface area (Å²) < 4.78 is 5.14. The number of fused-ring (bicyclic) bond motifs is 1. The maximum absolute atomic E-state index is 12.7. The first-order valence-corrected chi connectivity index (χ1v) is 11.1. The lowest BCUT2D eigenvalue weighted by molar-refractivity contribution is 0.0636. The van der Waals surface area contributed by atoms with Crippen LogP contribution in [-0.4, -0.2) is 73.7 Å². The summed E-state index contributed by atoms with van der Waals surface area (Å²) in [5.74, 6) is 0.201. The number of hydrogen-bond acceptors (Lipinski definition) is 7. The Morgan fingerprint density at radius 3 is 2.24 bits per heavy atom. The molecule has 33 heavy (non-hydrogen) atoms. The molecule has 2 aromatic rings. The Morgan fingerprint density at radius 2 is 1.61 bits per heavy atom. The molecule has 4 rings (SSSR count). The number of carbonyl (C=O) groups excluding carboxylic acids is 3. The van der Waals surface area contributed by atoms with Crippen LogP contribution in [0.25, 0.3) is 0 Å². The molecule has 1 saturated heterocycles. The van der Waals surface area contributed by atoms with Crippen molar-refractivity contribution in [3.63, 3.8) is 0 Å². The molecular formula is C25H28N4O4. The van der Waals surface area contributed by atoms with E-state index in [9.17, 15) is 14.4 Å². The summed E-state index contributed by atoms with van der Waals surface area (Å²) in [4.78, 5) is 42.0. The Bertz CT molecular complexity index is 1090. The highest BCUT2D eigenvalue weighted by molar-refractivity contribution is 6.26. The highest BCUT2D eigenvalue weighted by Gasteiger charge is 2.30. The van der Waals surface area contributed by atoms with Crippen molar-refractivity contribution < 1.29 is 19.1 Å². The van der Waals surface area contributed by atoms with Crippen LogP contribution in [0.3, 0.4) is 0 Å². The highest BCUT2D eigenvalue weighted by Crippen LogP contribution is 2.22. The number of nitrogens with two attached hydrogens (primary N) is 1.